The van der Waals surface area contributed by atoms with Gasteiger partial charge in [-0.3, -0.25) is 0 Å². The molecule has 1 aromatic carbocycles. The smallest absolute Gasteiger partial charge is 0.226 e. The van der Waals surface area contributed by atoms with Crippen molar-refractivity contribution < 1.29 is 4.74 Å². The first-order valence-electron chi connectivity index (χ1n) is 4.80. The lowest BCUT2D eigenvalue weighted by Crippen LogP contribution is -2.00. The van der Waals surface area contributed by atoms with Gasteiger partial charge in [-0.15, -0.1) is 12.3 Å². The molecule has 0 fully saturated rings. The van der Waals surface area contributed by atoms with E-state index < -0.39 is 0 Å². The van der Waals surface area contributed by atoms with E-state index >= 15 is 0 Å². The van der Waals surface area contributed by atoms with Crippen LogP contribution in [0.4, 0.5) is 0 Å². The van der Waals surface area contributed by atoms with E-state index in [1.54, 1.807) is 0 Å². The number of para-hydroxylation sites is 1. The average molecular weight is 233 g/mol. The monoisotopic (exact) mass is 232 g/mol. The molecule has 0 unspecified atom stereocenters. The summed E-state index contributed by atoms with van der Waals surface area (Å²) in [5.74, 6) is 2.98. The van der Waals surface area contributed by atoms with Gasteiger partial charge < -0.3 is 4.74 Å². The summed E-state index contributed by atoms with van der Waals surface area (Å²) in [6.07, 6.45) is 5.68. The molecule has 0 N–H and O–H groups in total. The first-order chi connectivity index (χ1) is 7.81. The van der Waals surface area contributed by atoms with E-state index in [-0.39, 0.29) is 5.28 Å². The standard InChI is InChI=1S/C12H9ClN2O/c1-2-3-8-16-11-9-6-4-5-7-10(9)14-12(13)15-11/h1,4-7H,3,8H2. The average Bonchev–Trinajstić information content (AvgIpc) is 2.29. The Labute approximate surface area is 98.4 Å². The van der Waals surface area contributed by atoms with E-state index in [2.05, 4.69) is 15.9 Å². The third-order valence-electron chi connectivity index (χ3n) is 2.03. The molecule has 2 aromatic rings. The normalized spacial score (nSPS) is 10.0. The van der Waals surface area contributed by atoms with E-state index in [0.29, 0.717) is 18.9 Å². The summed E-state index contributed by atoms with van der Waals surface area (Å²) in [5.41, 5.74) is 0.762. The van der Waals surface area contributed by atoms with E-state index in [1.807, 2.05) is 24.3 Å². The van der Waals surface area contributed by atoms with E-state index in [4.69, 9.17) is 22.8 Å². The summed E-state index contributed by atoms with van der Waals surface area (Å²) in [4.78, 5) is 8.14. The van der Waals surface area contributed by atoms with Crippen LogP contribution in [-0.2, 0) is 0 Å². The van der Waals surface area contributed by atoms with Crippen LogP contribution in [-0.4, -0.2) is 16.6 Å². The highest BCUT2D eigenvalue weighted by molar-refractivity contribution is 6.28. The fourth-order valence-electron chi connectivity index (χ4n) is 1.34. The zero-order chi connectivity index (χ0) is 11.4. The topological polar surface area (TPSA) is 35.0 Å². The van der Waals surface area contributed by atoms with E-state index in [1.165, 1.54) is 0 Å². The largest absolute Gasteiger partial charge is 0.476 e. The molecule has 0 saturated carbocycles. The molecule has 0 radical (unpaired) electrons. The van der Waals surface area contributed by atoms with Gasteiger partial charge in [0.25, 0.3) is 0 Å². The molecule has 3 nitrogen and oxygen atoms in total. The van der Waals surface area contributed by atoms with Crippen molar-refractivity contribution in [1.29, 1.82) is 0 Å². The molecule has 0 spiro atoms. The Hall–Kier alpha value is -1.79. The van der Waals surface area contributed by atoms with Crippen LogP contribution in [0, 0.1) is 12.3 Å². The quantitative estimate of drug-likeness (QED) is 0.464. The van der Waals surface area contributed by atoms with Crippen LogP contribution in [0.1, 0.15) is 6.42 Å². The second-order valence-corrected chi connectivity index (χ2v) is 3.46. The summed E-state index contributed by atoms with van der Waals surface area (Å²) in [5, 5.41) is 1.01. The molecule has 0 aliphatic heterocycles. The number of rotatable bonds is 3. The zero-order valence-electron chi connectivity index (χ0n) is 8.48. The van der Waals surface area contributed by atoms with Crippen molar-refractivity contribution in [3.8, 4) is 18.2 Å². The number of benzene rings is 1. The number of halogens is 1. The van der Waals surface area contributed by atoms with E-state index in [0.717, 1.165) is 10.9 Å². The highest BCUT2D eigenvalue weighted by atomic mass is 35.5. The molecule has 0 aliphatic carbocycles. The number of ether oxygens (including phenoxy) is 1. The van der Waals surface area contributed by atoms with Crippen molar-refractivity contribution in [2.24, 2.45) is 0 Å². The highest BCUT2D eigenvalue weighted by Crippen LogP contribution is 2.23. The maximum atomic E-state index is 5.79. The van der Waals surface area contributed by atoms with Crippen LogP contribution in [0.5, 0.6) is 5.88 Å². The van der Waals surface area contributed by atoms with Gasteiger partial charge in [0.1, 0.15) is 6.61 Å². The third-order valence-corrected chi connectivity index (χ3v) is 2.20. The van der Waals surface area contributed by atoms with Crippen molar-refractivity contribution in [2.45, 2.75) is 6.42 Å². The van der Waals surface area contributed by atoms with Gasteiger partial charge >= 0.3 is 0 Å². The van der Waals surface area contributed by atoms with Gasteiger partial charge in [-0.25, -0.2) is 4.98 Å². The van der Waals surface area contributed by atoms with Gasteiger partial charge in [-0.1, -0.05) is 12.1 Å². The Morgan fingerprint density at radius 2 is 2.12 bits per heavy atom. The summed E-state index contributed by atoms with van der Waals surface area (Å²) < 4.78 is 5.46. The van der Waals surface area contributed by atoms with Gasteiger partial charge in [0.15, 0.2) is 0 Å². The number of aromatic nitrogens is 2. The number of hydrogen-bond acceptors (Lipinski definition) is 3. The predicted molar refractivity (Wildman–Crippen MR) is 63.5 cm³/mol. The maximum absolute atomic E-state index is 5.79. The lowest BCUT2D eigenvalue weighted by Gasteiger charge is -2.06. The minimum absolute atomic E-state index is 0.175. The van der Waals surface area contributed by atoms with Crippen molar-refractivity contribution in [1.82, 2.24) is 9.97 Å². The first kappa shape index (κ1) is 10.7. The number of terminal acetylenes is 1. The number of fused-ring (bicyclic) bond motifs is 1. The minimum atomic E-state index is 0.175. The van der Waals surface area contributed by atoms with Gasteiger partial charge in [-0.2, -0.15) is 4.98 Å². The number of hydrogen-bond donors (Lipinski definition) is 0. The van der Waals surface area contributed by atoms with Gasteiger partial charge in [0, 0.05) is 6.42 Å². The van der Waals surface area contributed by atoms with Crippen molar-refractivity contribution in [3.63, 3.8) is 0 Å². The van der Waals surface area contributed by atoms with Crippen LogP contribution < -0.4 is 4.74 Å². The SMILES string of the molecule is C#CCCOc1nc(Cl)nc2ccccc12. The van der Waals surface area contributed by atoms with Crippen LogP contribution in [0.15, 0.2) is 24.3 Å². The van der Waals surface area contributed by atoms with Crippen LogP contribution in [0.25, 0.3) is 10.9 Å². The Kier molecular flexibility index (Phi) is 3.23. The van der Waals surface area contributed by atoms with Crippen molar-refractivity contribution in [2.75, 3.05) is 6.61 Å². The molecule has 1 aromatic heterocycles. The molecule has 16 heavy (non-hydrogen) atoms. The lowest BCUT2D eigenvalue weighted by molar-refractivity contribution is 0.318. The van der Waals surface area contributed by atoms with E-state index in [9.17, 15) is 0 Å². The Morgan fingerprint density at radius 1 is 1.31 bits per heavy atom. The third kappa shape index (κ3) is 2.23. The Morgan fingerprint density at radius 3 is 2.94 bits per heavy atom. The predicted octanol–water partition coefficient (Wildman–Crippen LogP) is 2.69. The maximum Gasteiger partial charge on any atom is 0.226 e. The molecular weight excluding hydrogens is 224 g/mol. The lowest BCUT2D eigenvalue weighted by atomic mass is 10.2. The van der Waals surface area contributed by atoms with Crippen LogP contribution in [0.2, 0.25) is 5.28 Å². The molecule has 0 aliphatic rings. The van der Waals surface area contributed by atoms with Crippen molar-refractivity contribution >= 4 is 22.5 Å². The minimum Gasteiger partial charge on any atom is -0.476 e. The second kappa shape index (κ2) is 4.82. The summed E-state index contributed by atoms with van der Waals surface area (Å²) >= 11 is 5.79. The molecule has 0 saturated heterocycles. The van der Waals surface area contributed by atoms with Crippen molar-refractivity contribution in [3.05, 3.63) is 29.5 Å². The molecule has 0 atom stereocenters. The van der Waals surface area contributed by atoms with Gasteiger partial charge in [-0.05, 0) is 23.7 Å². The van der Waals surface area contributed by atoms with Crippen LogP contribution >= 0.6 is 11.6 Å². The Balaban J connectivity index is 2.39. The number of nitrogens with zero attached hydrogens (tertiary/aromatic N) is 2. The fourth-order valence-corrected chi connectivity index (χ4v) is 1.50. The molecule has 0 amide bonds. The summed E-state index contributed by atoms with van der Waals surface area (Å²) in [6, 6.07) is 7.53. The summed E-state index contributed by atoms with van der Waals surface area (Å²) in [6.45, 7) is 0.424. The van der Waals surface area contributed by atoms with Gasteiger partial charge in [0.2, 0.25) is 11.2 Å². The molecule has 4 heteroatoms. The molecule has 80 valence electrons. The fraction of sp³-hybridized carbons (Fsp3) is 0.167. The molecule has 1 heterocycles. The Bertz CT molecular complexity index is 548. The van der Waals surface area contributed by atoms with Gasteiger partial charge in [0.05, 0.1) is 10.9 Å². The van der Waals surface area contributed by atoms with Crippen LogP contribution in [0.3, 0.4) is 0 Å². The molecule has 2 rings (SSSR count). The zero-order valence-corrected chi connectivity index (χ0v) is 9.24. The molecular formula is C12H9ClN2O. The first-order valence-corrected chi connectivity index (χ1v) is 5.17. The molecule has 0 bridgehead atoms. The second-order valence-electron chi connectivity index (χ2n) is 3.12. The highest BCUT2D eigenvalue weighted by Gasteiger charge is 2.06. The summed E-state index contributed by atoms with van der Waals surface area (Å²) in [7, 11) is 0.